The summed E-state index contributed by atoms with van der Waals surface area (Å²) >= 11 is 1.31. The molecule has 178 valence electrons. The van der Waals surface area contributed by atoms with Crippen molar-refractivity contribution in [1.82, 2.24) is 34.1 Å². The van der Waals surface area contributed by atoms with Gasteiger partial charge in [-0.1, -0.05) is 30.0 Å². The number of ketones is 1. The summed E-state index contributed by atoms with van der Waals surface area (Å²) in [5.41, 5.74) is 3.89. The first kappa shape index (κ1) is 23.7. The van der Waals surface area contributed by atoms with Gasteiger partial charge in [-0.25, -0.2) is 9.36 Å². The average Bonchev–Trinajstić information content (AvgIpc) is 3.43. The number of hydrogen-bond acceptors (Lipinski definition) is 6. The molecule has 0 bridgehead atoms. The second kappa shape index (κ2) is 8.75. The van der Waals surface area contributed by atoms with Crippen LogP contribution in [0.2, 0.25) is 0 Å². The van der Waals surface area contributed by atoms with Gasteiger partial charge in [0, 0.05) is 24.0 Å². The summed E-state index contributed by atoms with van der Waals surface area (Å²) in [7, 11) is 1.86. The van der Waals surface area contributed by atoms with Crippen LogP contribution in [0.5, 0.6) is 0 Å². The van der Waals surface area contributed by atoms with E-state index >= 15 is 0 Å². The maximum absolute atomic E-state index is 13.5. The topological polar surface area (TPSA) is 92.5 Å². The predicted octanol–water partition coefficient (Wildman–Crippen LogP) is 3.61. The molecule has 0 amide bonds. The number of benzene rings is 1. The number of tetrazole rings is 1. The van der Waals surface area contributed by atoms with E-state index in [4.69, 9.17) is 0 Å². The number of aryl methyl sites for hydroxylation is 1. The molecule has 1 aromatic carbocycles. The third-order valence-electron chi connectivity index (χ3n) is 5.89. The molecular formula is C24H29N7O2S. The Kier molecular flexibility index (Phi) is 6.11. The standard InChI is InChI=1S/C24H29N7O2S/c1-15-13-19(20(32)14-34-23-25-26-27-31(23)24(4,5)6)16(2)29(15)21-17(3)28(7)30(22(21)33)18-11-9-8-10-12-18/h8-13H,14H2,1-7H3. The lowest BCUT2D eigenvalue weighted by Gasteiger charge is -2.19. The van der Waals surface area contributed by atoms with E-state index in [0.717, 1.165) is 22.8 Å². The Morgan fingerprint density at radius 1 is 1.06 bits per heavy atom. The molecule has 0 aliphatic rings. The van der Waals surface area contributed by atoms with Crippen molar-refractivity contribution in [2.24, 2.45) is 7.05 Å². The molecule has 0 aliphatic carbocycles. The fourth-order valence-electron chi connectivity index (χ4n) is 4.10. The number of Topliss-reactive ketones (excluding diaryl/α,β-unsaturated/α-hetero) is 1. The minimum Gasteiger partial charge on any atom is -0.311 e. The van der Waals surface area contributed by atoms with Gasteiger partial charge in [-0.3, -0.25) is 14.3 Å². The second-order valence-corrected chi connectivity index (χ2v) is 10.2. The fourth-order valence-corrected chi connectivity index (χ4v) is 5.04. The Morgan fingerprint density at radius 3 is 2.38 bits per heavy atom. The molecule has 0 spiro atoms. The largest absolute Gasteiger partial charge is 0.311 e. The highest BCUT2D eigenvalue weighted by Gasteiger charge is 2.25. The molecule has 0 radical (unpaired) electrons. The Morgan fingerprint density at radius 2 is 1.74 bits per heavy atom. The summed E-state index contributed by atoms with van der Waals surface area (Å²) < 4.78 is 7.09. The SMILES string of the molecule is Cc1cc(C(=O)CSc2nnnn2C(C)(C)C)c(C)n1-c1c(C)n(C)n(-c2ccccc2)c1=O. The van der Waals surface area contributed by atoms with Gasteiger partial charge in [0.2, 0.25) is 5.16 Å². The van der Waals surface area contributed by atoms with Crippen LogP contribution in [0.25, 0.3) is 11.4 Å². The highest BCUT2D eigenvalue weighted by Crippen LogP contribution is 2.26. The van der Waals surface area contributed by atoms with E-state index < -0.39 is 0 Å². The summed E-state index contributed by atoms with van der Waals surface area (Å²) in [4.78, 5) is 26.7. The van der Waals surface area contributed by atoms with E-state index in [9.17, 15) is 9.59 Å². The zero-order valence-electron chi connectivity index (χ0n) is 20.5. The number of carbonyl (C=O) groups is 1. The number of para-hydroxylation sites is 1. The number of thioether (sulfide) groups is 1. The number of carbonyl (C=O) groups excluding carboxylic acids is 1. The predicted molar refractivity (Wildman–Crippen MR) is 132 cm³/mol. The first-order valence-corrected chi connectivity index (χ1v) is 12.0. The van der Waals surface area contributed by atoms with Gasteiger partial charge >= 0.3 is 0 Å². The molecule has 3 heterocycles. The third-order valence-corrected chi connectivity index (χ3v) is 6.81. The molecule has 34 heavy (non-hydrogen) atoms. The summed E-state index contributed by atoms with van der Waals surface area (Å²) in [5, 5.41) is 12.5. The van der Waals surface area contributed by atoms with Crippen LogP contribution in [-0.2, 0) is 12.6 Å². The zero-order valence-corrected chi connectivity index (χ0v) is 21.3. The number of nitrogens with zero attached hydrogens (tertiary/aromatic N) is 7. The number of hydrogen-bond donors (Lipinski definition) is 0. The van der Waals surface area contributed by atoms with Crippen LogP contribution < -0.4 is 5.56 Å². The lowest BCUT2D eigenvalue weighted by atomic mass is 10.1. The highest BCUT2D eigenvalue weighted by atomic mass is 32.2. The van der Waals surface area contributed by atoms with Crippen molar-refractivity contribution < 1.29 is 4.79 Å². The van der Waals surface area contributed by atoms with E-state index in [-0.39, 0.29) is 22.6 Å². The Labute approximate surface area is 202 Å². The lowest BCUT2D eigenvalue weighted by molar-refractivity contribution is 0.102. The van der Waals surface area contributed by atoms with E-state index in [1.54, 1.807) is 9.36 Å². The maximum Gasteiger partial charge on any atom is 0.295 e. The van der Waals surface area contributed by atoms with Gasteiger partial charge in [0.1, 0.15) is 5.69 Å². The summed E-state index contributed by atoms with van der Waals surface area (Å²) in [6.45, 7) is 11.7. The van der Waals surface area contributed by atoms with Crippen LogP contribution >= 0.6 is 11.8 Å². The van der Waals surface area contributed by atoms with E-state index in [0.29, 0.717) is 16.4 Å². The molecule has 0 saturated heterocycles. The van der Waals surface area contributed by atoms with Gasteiger partial charge < -0.3 is 4.57 Å². The molecule has 0 atom stereocenters. The zero-order chi connectivity index (χ0) is 24.8. The van der Waals surface area contributed by atoms with Crippen molar-refractivity contribution in [2.45, 2.75) is 52.2 Å². The summed E-state index contributed by atoms with van der Waals surface area (Å²) in [5.74, 6) is 0.160. The van der Waals surface area contributed by atoms with E-state index in [1.165, 1.54) is 11.8 Å². The fraction of sp³-hybridized carbons (Fsp3) is 0.375. The van der Waals surface area contributed by atoms with Crippen LogP contribution in [0, 0.1) is 20.8 Å². The average molecular weight is 480 g/mol. The molecule has 10 heteroatoms. The van der Waals surface area contributed by atoms with Crippen molar-refractivity contribution in [1.29, 1.82) is 0 Å². The minimum absolute atomic E-state index is 0.0372. The highest BCUT2D eigenvalue weighted by molar-refractivity contribution is 7.99. The van der Waals surface area contributed by atoms with Crippen LogP contribution in [0.4, 0.5) is 0 Å². The summed E-state index contributed by atoms with van der Waals surface area (Å²) in [6, 6.07) is 11.4. The lowest BCUT2D eigenvalue weighted by Crippen LogP contribution is -2.24. The molecule has 0 N–H and O–H groups in total. The van der Waals surface area contributed by atoms with Crippen LogP contribution in [0.3, 0.4) is 0 Å². The van der Waals surface area contributed by atoms with Crippen molar-refractivity contribution in [2.75, 3.05) is 5.75 Å². The second-order valence-electron chi connectivity index (χ2n) is 9.29. The maximum atomic E-state index is 13.5. The van der Waals surface area contributed by atoms with Crippen molar-refractivity contribution in [3.8, 4) is 11.4 Å². The van der Waals surface area contributed by atoms with Crippen LogP contribution in [-0.4, -0.2) is 45.7 Å². The molecule has 3 aromatic heterocycles. The number of rotatable bonds is 6. The minimum atomic E-state index is -0.284. The molecular weight excluding hydrogens is 450 g/mol. The van der Waals surface area contributed by atoms with Crippen molar-refractivity contribution in [3.05, 3.63) is 69.4 Å². The molecule has 0 fully saturated rings. The van der Waals surface area contributed by atoms with Gasteiger partial charge in [-0.05, 0) is 70.2 Å². The van der Waals surface area contributed by atoms with Gasteiger partial charge in [-0.15, -0.1) is 5.10 Å². The normalized spacial score (nSPS) is 11.9. The van der Waals surface area contributed by atoms with Gasteiger partial charge in [-0.2, -0.15) is 0 Å². The quantitative estimate of drug-likeness (QED) is 0.310. The molecule has 9 nitrogen and oxygen atoms in total. The molecule has 4 rings (SSSR count). The first-order chi connectivity index (χ1) is 16.0. The molecule has 4 aromatic rings. The Balaban J connectivity index is 1.69. The van der Waals surface area contributed by atoms with Crippen LogP contribution in [0.15, 0.2) is 46.3 Å². The van der Waals surface area contributed by atoms with E-state index in [1.807, 2.05) is 94.2 Å². The first-order valence-electron chi connectivity index (χ1n) is 11.0. The van der Waals surface area contributed by atoms with Gasteiger partial charge in [0.25, 0.3) is 5.56 Å². The monoisotopic (exact) mass is 479 g/mol. The van der Waals surface area contributed by atoms with E-state index in [2.05, 4.69) is 15.5 Å². The van der Waals surface area contributed by atoms with Crippen molar-refractivity contribution >= 4 is 17.5 Å². The molecule has 0 saturated carbocycles. The van der Waals surface area contributed by atoms with Gasteiger partial charge in [0.15, 0.2) is 5.78 Å². The molecule has 0 aliphatic heterocycles. The third kappa shape index (κ3) is 4.02. The molecule has 0 unspecified atom stereocenters. The summed E-state index contributed by atoms with van der Waals surface area (Å²) in [6.07, 6.45) is 0. The smallest absolute Gasteiger partial charge is 0.295 e. The van der Waals surface area contributed by atoms with Crippen LogP contribution in [0.1, 0.15) is 48.2 Å². The number of aromatic nitrogens is 7. The Hall–Kier alpha value is -3.40. The van der Waals surface area contributed by atoms with Crippen molar-refractivity contribution in [3.63, 3.8) is 0 Å². The Bertz CT molecular complexity index is 1420. The van der Waals surface area contributed by atoms with Gasteiger partial charge in [0.05, 0.1) is 22.7 Å².